The van der Waals surface area contributed by atoms with Crippen molar-refractivity contribution in [3.05, 3.63) is 81.8 Å². The van der Waals surface area contributed by atoms with Crippen LogP contribution < -0.4 is 19.5 Å². The summed E-state index contributed by atoms with van der Waals surface area (Å²) in [6, 6.07) is 17.4. The number of nitrogens with one attached hydrogen (secondary N) is 1. The van der Waals surface area contributed by atoms with E-state index in [1.54, 1.807) is 50.6 Å². The van der Waals surface area contributed by atoms with Gasteiger partial charge in [-0.3, -0.25) is 4.79 Å². The van der Waals surface area contributed by atoms with Gasteiger partial charge in [0.1, 0.15) is 12.4 Å². The molecule has 0 aliphatic carbocycles. The first kappa shape index (κ1) is 20.8. The van der Waals surface area contributed by atoms with Crippen molar-refractivity contribution in [3.8, 4) is 17.2 Å². The zero-order valence-corrected chi connectivity index (χ0v) is 17.4. The number of methoxy groups -OCH3 is 2. The number of ether oxygens (including phenoxy) is 3. The van der Waals surface area contributed by atoms with Crippen molar-refractivity contribution in [1.29, 1.82) is 0 Å². The van der Waals surface area contributed by atoms with Crippen molar-refractivity contribution in [3.63, 3.8) is 0 Å². The Hall–Kier alpha value is -2.89. The molecule has 29 heavy (non-hydrogen) atoms. The Balaban J connectivity index is 1.78. The van der Waals surface area contributed by atoms with Crippen LogP contribution in [0.25, 0.3) is 0 Å². The summed E-state index contributed by atoms with van der Waals surface area (Å²) in [6.07, 6.45) is 0. The molecular formula is C22H19Cl2NO4. The second-order valence-electron chi connectivity index (χ2n) is 6.05. The van der Waals surface area contributed by atoms with Crippen LogP contribution in [0.2, 0.25) is 10.0 Å². The number of rotatable bonds is 7. The quantitative estimate of drug-likeness (QED) is 0.510. The van der Waals surface area contributed by atoms with Crippen molar-refractivity contribution < 1.29 is 19.0 Å². The smallest absolute Gasteiger partial charge is 0.255 e. The van der Waals surface area contributed by atoms with Gasteiger partial charge in [-0.25, -0.2) is 0 Å². The third kappa shape index (κ3) is 5.13. The minimum Gasteiger partial charge on any atom is -0.496 e. The fourth-order valence-corrected chi connectivity index (χ4v) is 3.00. The molecule has 3 aromatic rings. The second kappa shape index (κ2) is 9.54. The topological polar surface area (TPSA) is 56.8 Å². The second-order valence-corrected chi connectivity index (χ2v) is 6.86. The molecule has 0 unspecified atom stereocenters. The standard InChI is InChI=1S/C22H19Cl2NO4/c1-27-19-10-7-14(22(26)25-16-8-9-17(23)18(24)12-16)11-15(19)13-29-21-6-4-3-5-20(21)28-2/h3-12H,13H2,1-2H3,(H,25,26). The Morgan fingerprint density at radius 3 is 2.28 bits per heavy atom. The minimum absolute atomic E-state index is 0.206. The third-order valence-corrected chi connectivity index (χ3v) is 4.91. The molecule has 0 aliphatic rings. The molecule has 0 aromatic heterocycles. The first-order valence-corrected chi connectivity index (χ1v) is 9.46. The predicted molar refractivity (Wildman–Crippen MR) is 115 cm³/mol. The lowest BCUT2D eigenvalue weighted by molar-refractivity contribution is 0.102. The Morgan fingerprint density at radius 1 is 0.862 bits per heavy atom. The highest BCUT2D eigenvalue weighted by Gasteiger charge is 2.13. The molecular weight excluding hydrogens is 413 g/mol. The number of benzene rings is 3. The lowest BCUT2D eigenvalue weighted by Gasteiger charge is -2.14. The van der Waals surface area contributed by atoms with E-state index < -0.39 is 0 Å². The van der Waals surface area contributed by atoms with Gasteiger partial charge in [0.05, 0.1) is 24.3 Å². The summed E-state index contributed by atoms with van der Waals surface area (Å²) >= 11 is 11.9. The number of para-hydroxylation sites is 2. The lowest BCUT2D eigenvalue weighted by Crippen LogP contribution is -2.13. The molecule has 0 radical (unpaired) electrons. The van der Waals surface area contributed by atoms with Crippen LogP contribution in [0.3, 0.4) is 0 Å². The van der Waals surface area contributed by atoms with E-state index in [0.717, 1.165) is 5.56 Å². The maximum absolute atomic E-state index is 12.6. The van der Waals surface area contributed by atoms with E-state index in [9.17, 15) is 4.79 Å². The van der Waals surface area contributed by atoms with Crippen LogP contribution in [-0.2, 0) is 6.61 Å². The average Bonchev–Trinajstić information content (AvgIpc) is 2.74. The van der Waals surface area contributed by atoms with Gasteiger partial charge in [0, 0.05) is 16.8 Å². The number of amides is 1. The van der Waals surface area contributed by atoms with Crippen LogP contribution in [0.5, 0.6) is 17.2 Å². The van der Waals surface area contributed by atoms with E-state index in [2.05, 4.69) is 5.32 Å². The Kier molecular flexibility index (Phi) is 6.86. The summed E-state index contributed by atoms with van der Waals surface area (Å²) < 4.78 is 16.6. The number of anilines is 1. The fourth-order valence-electron chi connectivity index (χ4n) is 2.70. The average molecular weight is 432 g/mol. The zero-order valence-electron chi connectivity index (χ0n) is 15.9. The predicted octanol–water partition coefficient (Wildman–Crippen LogP) is 5.84. The monoisotopic (exact) mass is 431 g/mol. The van der Waals surface area contributed by atoms with Crippen LogP contribution >= 0.6 is 23.2 Å². The molecule has 150 valence electrons. The maximum atomic E-state index is 12.6. The molecule has 0 bridgehead atoms. The summed E-state index contributed by atoms with van der Waals surface area (Å²) in [5, 5.41) is 3.59. The number of carbonyl (C=O) groups is 1. The Morgan fingerprint density at radius 2 is 1.59 bits per heavy atom. The molecule has 1 amide bonds. The summed E-state index contributed by atoms with van der Waals surface area (Å²) in [5.74, 6) is 1.55. The van der Waals surface area contributed by atoms with Crippen LogP contribution in [0.4, 0.5) is 5.69 Å². The molecule has 1 N–H and O–H groups in total. The highest BCUT2D eigenvalue weighted by Crippen LogP contribution is 2.29. The van der Waals surface area contributed by atoms with Crippen LogP contribution in [0.1, 0.15) is 15.9 Å². The van der Waals surface area contributed by atoms with Gasteiger partial charge in [0.15, 0.2) is 11.5 Å². The normalized spacial score (nSPS) is 10.3. The SMILES string of the molecule is COc1ccc(C(=O)Nc2ccc(Cl)c(Cl)c2)cc1COc1ccccc1OC. The maximum Gasteiger partial charge on any atom is 0.255 e. The number of hydrogen-bond acceptors (Lipinski definition) is 4. The molecule has 0 saturated carbocycles. The third-order valence-electron chi connectivity index (χ3n) is 4.17. The van der Waals surface area contributed by atoms with Crippen molar-refractivity contribution in [2.45, 2.75) is 6.61 Å². The molecule has 0 fully saturated rings. The zero-order chi connectivity index (χ0) is 20.8. The van der Waals surface area contributed by atoms with Crippen LogP contribution in [0, 0.1) is 0 Å². The van der Waals surface area contributed by atoms with Crippen LogP contribution in [-0.4, -0.2) is 20.1 Å². The van der Waals surface area contributed by atoms with Gasteiger partial charge < -0.3 is 19.5 Å². The van der Waals surface area contributed by atoms with Gasteiger partial charge in [-0.05, 0) is 48.5 Å². The molecule has 3 rings (SSSR count). The minimum atomic E-state index is -0.287. The van der Waals surface area contributed by atoms with Gasteiger partial charge in [0.2, 0.25) is 0 Å². The van der Waals surface area contributed by atoms with E-state index in [-0.39, 0.29) is 12.5 Å². The summed E-state index contributed by atoms with van der Waals surface area (Å²) in [5.41, 5.74) is 1.72. The van der Waals surface area contributed by atoms with Gasteiger partial charge >= 0.3 is 0 Å². The fraction of sp³-hybridized carbons (Fsp3) is 0.136. The van der Waals surface area contributed by atoms with E-state index in [1.165, 1.54) is 0 Å². The lowest BCUT2D eigenvalue weighted by atomic mass is 10.1. The molecule has 0 heterocycles. The van der Waals surface area contributed by atoms with Crippen molar-refractivity contribution in [2.75, 3.05) is 19.5 Å². The van der Waals surface area contributed by atoms with Crippen molar-refractivity contribution in [1.82, 2.24) is 0 Å². The van der Waals surface area contributed by atoms with Gasteiger partial charge in [0.25, 0.3) is 5.91 Å². The number of carbonyl (C=O) groups excluding carboxylic acids is 1. The first-order chi connectivity index (χ1) is 14.0. The largest absolute Gasteiger partial charge is 0.496 e. The molecule has 0 atom stereocenters. The van der Waals surface area contributed by atoms with Crippen LogP contribution in [0.15, 0.2) is 60.7 Å². The number of halogens is 2. The number of hydrogen-bond donors (Lipinski definition) is 1. The summed E-state index contributed by atoms with van der Waals surface area (Å²) in [6.45, 7) is 0.206. The molecule has 0 saturated heterocycles. The van der Waals surface area contributed by atoms with Gasteiger partial charge in [-0.2, -0.15) is 0 Å². The summed E-state index contributed by atoms with van der Waals surface area (Å²) in [7, 11) is 3.15. The molecule has 7 heteroatoms. The van der Waals surface area contributed by atoms with E-state index in [1.807, 2.05) is 24.3 Å². The van der Waals surface area contributed by atoms with Gasteiger partial charge in [-0.15, -0.1) is 0 Å². The molecule has 5 nitrogen and oxygen atoms in total. The molecule has 3 aromatic carbocycles. The Labute approximate surface area is 179 Å². The first-order valence-electron chi connectivity index (χ1n) is 8.71. The Bertz CT molecular complexity index is 1020. The highest BCUT2D eigenvalue weighted by atomic mass is 35.5. The molecule has 0 aliphatic heterocycles. The van der Waals surface area contributed by atoms with Crippen molar-refractivity contribution in [2.24, 2.45) is 0 Å². The van der Waals surface area contributed by atoms with E-state index in [0.29, 0.717) is 38.5 Å². The molecule has 0 spiro atoms. The van der Waals surface area contributed by atoms with E-state index in [4.69, 9.17) is 37.4 Å². The summed E-state index contributed by atoms with van der Waals surface area (Å²) in [4.78, 5) is 12.6. The van der Waals surface area contributed by atoms with Crippen molar-refractivity contribution >= 4 is 34.8 Å². The van der Waals surface area contributed by atoms with Gasteiger partial charge in [-0.1, -0.05) is 35.3 Å². The highest BCUT2D eigenvalue weighted by molar-refractivity contribution is 6.42. The van der Waals surface area contributed by atoms with E-state index >= 15 is 0 Å².